The van der Waals surface area contributed by atoms with Crippen LogP contribution in [0.15, 0.2) is 18.2 Å². The first-order valence-corrected chi connectivity index (χ1v) is 6.85. The number of nitrogens with one attached hydrogen (secondary N) is 1. The van der Waals surface area contributed by atoms with Gasteiger partial charge in [0.05, 0.1) is 0 Å². The lowest BCUT2D eigenvalue weighted by atomic mass is 9.87. The van der Waals surface area contributed by atoms with Gasteiger partial charge in [0.2, 0.25) is 0 Å². The Morgan fingerprint density at radius 1 is 1.58 bits per heavy atom. The van der Waals surface area contributed by atoms with Crippen LogP contribution >= 0.6 is 0 Å². The van der Waals surface area contributed by atoms with E-state index in [1.165, 1.54) is 11.1 Å². The molecule has 1 aromatic carbocycles. The van der Waals surface area contributed by atoms with Gasteiger partial charge in [0.1, 0.15) is 5.75 Å². The monoisotopic (exact) mass is 263 g/mol. The Labute approximate surface area is 113 Å². The van der Waals surface area contributed by atoms with Gasteiger partial charge in [0.15, 0.2) is 6.10 Å². The molecule has 0 radical (unpaired) electrons. The van der Waals surface area contributed by atoms with Crippen molar-refractivity contribution in [3.63, 3.8) is 0 Å². The second kappa shape index (κ2) is 6.06. The highest BCUT2D eigenvalue weighted by atomic mass is 16.5. The minimum absolute atomic E-state index is 0.402. The van der Waals surface area contributed by atoms with E-state index in [4.69, 9.17) is 9.84 Å². The number of aliphatic carboxylic acids is 1. The highest BCUT2D eigenvalue weighted by Gasteiger charge is 2.21. The molecule has 0 amide bonds. The van der Waals surface area contributed by atoms with E-state index in [0.717, 1.165) is 19.3 Å². The molecule has 2 unspecified atom stereocenters. The van der Waals surface area contributed by atoms with Gasteiger partial charge >= 0.3 is 5.97 Å². The molecule has 2 rings (SSSR count). The first-order valence-electron chi connectivity index (χ1n) is 6.85. The zero-order chi connectivity index (χ0) is 13.8. The summed E-state index contributed by atoms with van der Waals surface area (Å²) < 4.78 is 5.54. The Bertz CT molecular complexity index is 459. The Morgan fingerprint density at radius 3 is 3.00 bits per heavy atom. The van der Waals surface area contributed by atoms with Crippen molar-refractivity contribution in [2.24, 2.45) is 0 Å². The topological polar surface area (TPSA) is 58.6 Å². The van der Waals surface area contributed by atoms with E-state index in [9.17, 15) is 4.79 Å². The molecule has 1 aromatic rings. The van der Waals surface area contributed by atoms with E-state index < -0.39 is 12.1 Å². The predicted octanol–water partition coefficient (Wildman–Crippen LogP) is 2.53. The van der Waals surface area contributed by atoms with Gasteiger partial charge in [-0.3, -0.25) is 0 Å². The summed E-state index contributed by atoms with van der Waals surface area (Å²) in [6, 6.07) is 6.32. The molecule has 0 aliphatic heterocycles. The number of carboxylic acids is 1. The largest absolute Gasteiger partial charge is 0.479 e. The van der Waals surface area contributed by atoms with E-state index in [1.807, 2.05) is 26.1 Å². The predicted molar refractivity (Wildman–Crippen MR) is 73.5 cm³/mol. The maximum absolute atomic E-state index is 11.0. The molecule has 0 spiro atoms. The Kier molecular flexibility index (Phi) is 4.43. The molecule has 0 heterocycles. The number of carboxylic acid groups (broad SMARTS) is 1. The summed E-state index contributed by atoms with van der Waals surface area (Å²) in [6.07, 6.45) is 3.04. The van der Waals surface area contributed by atoms with Crippen molar-refractivity contribution in [3.05, 3.63) is 29.3 Å². The third kappa shape index (κ3) is 3.07. The third-order valence-corrected chi connectivity index (χ3v) is 3.70. The minimum Gasteiger partial charge on any atom is -0.479 e. The highest BCUT2D eigenvalue weighted by Crippen LogP contribution is 2.32. The van der Waals surface area contributed by atoms with Gasteiger partial charge in [-0.1, -0.05) is 13.0 Å². The second-order valence-electron chi connectivity index (χ2n) is 4.95. The number of carbonyl (C=O) groups is 1. The van der Waals surface area contributed by atoms with Gasteiger partial charge in [0, 0.05) is 6.04 Å². The highest BCUT2D eigenvalue weighted by molar-refractivity contribution is 5.72. The Morgan fingerprint density at radius 2 is 2.37 bits per heavy atom. The Balaban J connectivity index is 2.19. The average Bonchev–Trinajstić information content (AvgIpc) is 2.43. The van der Waals surface area contributed by atoms with Crippen molar-refractivity contribution < 1.29 is 14.6 Å². The molecule has 2 N–H and O–H groups in total. The third-order valence-electron chi connectivity index (χ3n) is 3.70. The van der Waals surface area contributed by atoms with Gasteiger partial charge in [-0.15, -0.1) is 0 Å². The number of fused-ring (bicyclic) bond motifs is 1. The molecule has 1 aliphatic carbocycles. The summed E-state index contributed by atoms with van der Waals surface area (Å²) >= 11 is 0. The number of benzene rings is 1. The number of ether oxygens (including phenoxy) is 1. The van der Waals surface area contributed by atoms with E-state index >= 15 is 0 Å². The van der Waals surface area contributed by atoms with Gasteiger partial charge < -0.3 is 15.2 Å². The van der Waals surface area contributed by atoms with Crippen LogP contribution in [-0.4, -0.2) is 24.2 Å². The number of aryl methyl sites for hydroxylation is 1. The van der Waals surface area contributed by atoms with Gasteiger partial charge in [-0.2, -0.15) is 0 Å². The van der Waals surface area contributed by atoms with Gasteiger partial charge in [-0.05, 0) is 56.0 Å². The first kappa shape index (κ1) is 13.9. The van der Waals surface area contributed by atoms with Crippen LogP contribution in [-0.2, 0) is 11.2 Å². The van der Waals surface area contributed by atoms with Crippen molar-refractivity contribution in [1.29, 1.82) is 0 Å². The van der Waals surface area contributed by atoms with Crippen LogP contribution in [0.3, 0.4) is 0 Å². The van der Waals surface area contributed by atoms with E-state index in [0.29, 0.717) is 18.2 Å². The molecule has 4 nitrogen and oxygen atoms in total. The lowest BCUT2D eigenvalue weighted by molar-refractivity contribution is -0.145. The second-order valence-corrected chi connectivity index (χ2v) is 4.95. The fourth-order valence-corrected chi connectivity index (χ4v) is 2.64. The molecule has 0 saturated carbocycles. The summed E-state index contributed by atoms with van der Waals surface area (Å²) in [4.78, 5) is 11.0. The summed E-state index contributed by atoms with van der Waals surface area (Å²) in [5, 5.41) is 12.3. The molecule has 0 fully saturated rings. The van der Waals surface area contributed by atoms with E-state index in [1.54, 1.807) is 0 Å². The van der Waals surface area contributed by atoms with Crippen LogP contribution in [0.1, 0.15) is 43.4 Å². The van der Waals surface area contributed by atoms with Crippen LogP contribution in [0.25, 0.3) is 0 Å². The molecule has 19 heavy (non-hydrogen) atoms. The van der Waals surface area contributed by atoms with Crippen molar-refractivity contribution >= 4 is 5.97 Å². The SMILES string of the molecule is CCC(Oc1ccc2c(c1)CCCC2NC)C(=O)O. The summed E-state index contributed by atoms with van der Waals surface area (Å²) in [7, 11) is 1.97. The van der Waals surface area contributed by atoms with E-state index in [-0.39, 0.29) is 0 Å². The normalized spacial score (nSPS) is 19.6. The van der Waals surface area contributed by atoms with Crippen molar-refractivity contribution in [3.8, 4) is 5.75 Å². The molecular weight excluding hydrogens is 242 g/mol. The molecule has 0 bridgehead atoms. The van der Waals surface area contributed by atoms with E-state index in [2.05, 4.69) is 11.4 Å². The fraction of sp³-hybridized carbons (Fsp3) is 0.533. The van der Waals surface area contributed by atoms with Crippen LogP contribution < -0.4 is 10.1 Å². The summed E-state index contributed by atoms with van der Waals surface area (Å²) in [5.74, 6) is -0.252. The summed E-state index contributed by atoms with van der Waals surface area (Å²) in [5.41, 5.74) is 2.58. The van der Waals surface area contributed by atoms with Gasteiger partial charge in [-0.25, -0.2) is 4.79 Å². The lowest BCUT2D eigenvalue weighted by Gasteiger charge is -2.26. The summed E-state index contributed by atoms with van der Waals surface area (Å²) in [6.45, 7) is 1.81. The number of rotatable bonds is 5. The zero-order valence-corrected chi connectivity index (χ0v) is 11.5. The molecule has 0 aromatic heterocycles. The first-order chi connectivity index (χ1) is 9.15. The molecule has 104 valence electrons. The smallest absolute Gasteiger partial charge is 0.344 e. The van der Waals surface area contributed by atoms with Crippen molar-refractivity contribution in [1.82, 2.24) is 5.32 Å². The Hall–Kier alpha value is -1.55. The average molecular weight is 263 g/mol. The standard InChI is InChI=1S/C15H21NO3/c1-3-14(15(17)18)19-11-7-8-12-10(9-11)5-4-6-13(12)16-2/h7-9,13-14,16H,3-6H2,1-2H3,(H,17,18). The van der Waals surface area contributed by atoms with Crippen molar-refractivity contribution in [2.45, 2.75) is 44.8 Å². The van der Waals surface area contributed by atoms with Crippen molar-refractivity contribution in [2.75, 3.05) is 7.05 Å². The number of hydrogen-bond donors (Lipinski definition) is 2. The quantitative estimate of drug-likeness (QED) is 0.857. The molecule has 2 atom stereocenters. The van der Waals surface area contributed by atoms with Crippen LogP contribution in [0.2, 0.25) is 0 Å². The zero-order valence-electron chi connectivity index (χ0n) is 11.5. The maximum atomic E-state index is 11.0. The molecule has 1 aliphatic rings. The van der Waals surface area contributed by atoms with Crippen LogP contribution in [0.4, 0.5) is 0 Å². The molecular formula is C15H21NO3. The van der Waals surface area contributed by atoms with Crippen LogP contribution in [0, 0.1) is 0 Å². The minimum atomic E-state index is -0.909. The maximum Gasteiger partial charge on any atom is 0.344 e. The lowest BCUT2D eigenvalue weighted by Crippen LogP contribution is -2.26. The van der Waals surface area contributed by atoms with Crippen LogP contribution in [0.5, 0.6) is 5.75 Å². The number of hydrogen-bond acceptors (Lipinski definition) is 3. The fourth-order valence-electron chi connectivity index (χ4n) is 2.64. The molecule has 0 saturated heterocycles. The molecule has 4 heteroatoms. The van der Waals surface area contributed by atoms with Gasteiger partial charge in [0.25, 0.3) is 0 Å².